The molecule has 1 atom stereocenters. The van der Waals surface area contributed by atoms with Gasteiger partial charge in [-0.3, -0.25) is 0 Å². The maximum atomic E-state index is 11.8. The fourth-order valence-electron chi connectivity index (χ4n) is 2.09. The Labute approximate surface area is 128 Å². The Morgan fingerprint density at radius 1 is 1.33 bits per heavy atom. The molecule has 5 nitrogen and oxygen atoms in total. The monoisotopic (exact) mass is 308 g/mol. The molecule has 1 aromatic rings. The van der Waals surface area contributed by atoms with Crippen molar-refractivity contribution in [2.75, 3.05) is 12.8 Å². The molecule has 2 rings (SSSR count). The van der Waals surface area contributed by atoms with Crippen LogP contribution in [0.1, 0.15) is 18.4 Å². The number of thioether (sulfide) groups is 1. The Kier molecular flexibility index (Phi) is 5.12. The molecule has 2 amide bonds. The second-order valence-electron chi connectivity index (χ2n) is 5.29. The molecular formula is C15H20N2O3S. The number of carbonyl (C=O) groups is 2. The molecule has 1 fully saturated rings. The molecule has 0 saturated heterocycles. The van der Waals surface area contributed by atoms with E-state index in [2.05, 4.69) is 10.6 Å². The summed E-state index contributed by atoms with van der Waals surface area (Å²) >= 11 is 1.75. The zero-order valence-corrected chi connectivity index (χ0v) is 12.8. The third-order valence-electron chi connectivity index (χ3n) is 3.70. The first-order valence-corrected chi connectivity index (χ1v) is 8.13. The Morgan fingerprint density at radius 2 is 2.00 bits per heavy atom. The van der Waals surface area contributed by atoms with Gasteiger partial charge in [0.2, 0.25) is 0 Å². The first kappa shape index (κ1) is 15.7. The van der Waals surface area contributed by atoms with Gasteiger partial charge in [-0.05, 0) is 24.7 Å². The van der Waals surface area contributed by atoms with Crippen LogP contribution in [0.15, 0.2) is 30.3 Å². The normalized spacial score (nSPS) is 16.8. The van der Waals surface area contributed by atoms with E-state index in [9.17, 15) is 14.7 Å². The summed E-state index contributed by atoms with van der Waals surface area (Å²) in [6.45, 7) is 0.581. The third-order valence-corrected chi connectivity index (χ3v) is 5.12. The standard InChI is InChI=1S/C15H20N2O3S/c1-21-15(7-8-15)10-16-14(20)17-12(13(18)19)9-11-5-3-2-4-6-11/h2-6,12H,7-10H2,1H3,(H,18,19)(H2,16,17,20). The van der Waals surface area contributed by atoms with Crippen molar-refractivity contribution in [3.63, 3.8) is 0 Å². The summed E-state index contributed by atoms with van der Waals surface area (Å²) in [6, 6.07) is 7.94. The van der Waals surface area contributed by atoms with Crippen LogP contribution in [-0.2, 0) is 11.2 Å². The Morgan fingerprint density at radius 3 is 2.52 bits per heavy atom. The number of hydrogen-bond acceptors (Lipinski definition) is 3. The molecule has 21 heavy (non-hydrogen) atoms. The number of carboxylic acid groups (broad SMARTS) is 1. The molecule has 1 unspecified atom stereocenters. The number of carbonyl (C=O) groups excluding carboxylic acids is 1. The molecule has 1 aliphatic carbocycles. The predicted molar refractivity (Wildman–Crippen MR) is 83.6 cm³/mol. The number of nitrogens with one attached hydrogen (secondary N) is 2. The molecule has 0 spiro atoms. The molecule has 1 aromatic carbocycles. The highest BCUT2D eigenvalue weighted by Gasteiger charge is 2.42. The van der Waals surface area contributed by atoms with Gasteiger partial charge in [-0.15, -0.1) is 0 Å². The Bertz CT molecular complexity index is 503. The molecule has 3 N–H and O–H groups in total. The minimum atomic E-state index is -1.03. The number of benzene rings is 1. The molecule has 6 heteroatoms. The molecular weight excluding hydrogens is 288 g/mol. The predicted octanol–water partition coefficient (Wildman–Crippen LogP) is 1.88. The van der Waals surface area contributed by atoms with Crippen molar-refractivity contribution in [2.24, 2.45) is 0 Å². The topological polar surface area (TPSA) is 78.4 Å². The van der Waals surface area contributed by atoms with Crippen molar-refractivity contribution < 1.29 is 14.7 Å². The summed E-state index contributed by atoms with van der Waals surface area (Å²) in [7, 11) is 0. The minimum Gasteiger partial charge on any atom is -0.480 e. The van der Waals surface area contributed by atoms with E-state index in [0.29, 0.717) is 6.54 Å². The van der Waals surface area contributed by atoms with E-state index in [-0.39, 0.29) is 11.2 Å². The van der Waals surface area contributed by atoms with E-state index in [0.717, 1.165) is 18.4 Å². The van der Waals surface area contributed by atoms with Crippen molar-refractivity contribution in [3.8, 4) is 0 Å². The van der Waals surface area contributed by atoms with Crippen LogP contribution in [-0.4, -0.2) is 40.7 Å². The first-order valence-electron chi connectivity index (χ1n) is 6.91. The van der Waals surface area contributed by atoms with Gasteiger partial charge in [-0.25, -0.2) is 9.59 Å². The van der Waals surface area contributed by atoms with Gasteiger partial charge in [-0.1, -0.05) is 30.3 Å². The van der Waals surface area contributed by atoms with E-state index in [1.165, 1.54) is 0 Å². The van der Waals surface area contributed by atoms with Crippen molar-refractivity contribution in [1.82, 2.24) is 10.6 Å². The SMILES string of the molecule is CSC1(CNC(=O)NC(Cc2ccccc2)C(=O)O)CC1. The van der Waals surface area contributed by atoms with Crippen LogP contribution >= 0.6 is 11.8 Å². The summed E-state index contributed by atoms with van der Waals surface area (Å²) < 4.78 is 0.162. The van der Waals surface area contributed by atoms with Crippen molar-refractivity contribution >= 4 is 23.8 Å². The molecule has 114 valence electrons. The van der Waals surface area contributed by atoms with Gasteiger partial charge >= 0.3 is 12.0 Å². The highest BCUT2D eigenvalue weighted by molar-refractivity contribution is 8.00. The number of rotatable bonds is 7. The largest absolute Gasteiger partial charge is 0.480 e. The van der Waals surface area contributed by atoms with Gasteiger partial charge in [0.1, 0.15) is 6.04 Å². The van der Waals surface area contributed by atoms with E-state index in [4.69, 9.17) is 0 Å². The quantitative estimate of drug-likeness (QED) is 0.718. The summed E-state index contributed by atoms with van der Waals surface area (Å²) in [5.74, 6) is -1.03. The lowest BCUT2D eigenvalue weighted by Crippen LogP contribution is -2.48. The summed E-state index contributed by atoms with van der Waals surface area (Å²) in [6.07, 6.45) is 4.50. The number of urea groups is 1. The average Bonchev–Trinajstić information content (AvgIpc) is 3.26. The van der Waals surface area contributed by atoms with E-state index in [1.54, 1.807) is 11.8 Å². The van der Waals surface area contributed by atoms with E-state index >= 15 is 0 Å². The van der Waals surface area contributed by atoms with Gasteiger partial charge in [0.15, 0.2) is 0 Å². The van der Waals surface area contributed by atoms with Gasteiger partial charge in [0.25, 0.3) is 0 Å². The molecule has 0 aromatic heterocycles. The van der Waals surface area contributed by atoms with Crippen LogP contribution < -0.4 is 10.6 Å². The minimum absolute atomic E-state index is 0.162. The van der Waals surface area contributed by atoms with Crippen molar-refractivity contribution in [2.45, 2.75) is 30.1 Å². The van der Waals surface area contributed by atoms with E-state index < -0.39 is 18.0 Å². The molecule has 0 aliphatic heterocycles. The van der Waals surface area contributed by atoms with Gasteiger partial charge in [0, 0.05) is 17.7 Å². The maximum Gasteiger partial charge on any atom is 0.326 e. The Hall–Kier alpha value is -1.69. The molecule has 0 radical (unpaired) electrons. The maximum absolute atomic E-state index is 11.8. The number of carboxylic acids is 1. The van der Waals surface area contributed by atoms with Crippen LogP contribution in [0.5, 0.6) is 0 Å². The summed E-state index contributed by atoms with van der Waals surface area (Å²) in [5, 5.41) is 14.5. The van der Waals surface area contributed by atoms with Crippen LogP contribution in [0.2, 0.25) is 0 Å². The van der Waals surface area contributed by atoms with Crippen LogP contribution in [0, 0.1) is 0 Å². The highest BCUT2D eigenvalue weighted by atomic mass is 32.2. The molecule has 1 saturated carbocycles. The van der Waals surface area contributed by atoms with Crippen molar-refractivity contribution in [1.29, 1.82) is 0 Å². The van der Waals surface area contributed by atoms with Gasteiger partial charge in [0.05, 0.1) is 0 Å². The number of amides is 2. The fourth-order valence-corrected chi connectivity index (χ4v) is 2.82. The summed E-state index contributed by atoms with van der Waals surface area (Å²) in [5.41, 5.74) is 0.882. The average molecular weight is 308 g/mol. The molecule has 0 bridgehead atoms. The third kappa shape index (κ3) is 4.67. The van der Waals surface area contributed by atoms with Crippen LogP contribution in [0.3, 0.4) is 0 Å². The first-order chi connectivity index (χ1) is 10.0. The van der Waals surface area contributed by atoms with Crippen molar-refractivity contribution in [3.05, 3.63) is 35.9 Å². The summed E-state index contributed by atoms with van der Waals surface area (Å²) in [4.78, 5) is 23.1. The lowest BCUT2D eigenvalue weighted by atomic mass is 10.1. The lowest BCUT2D eigenvalue weighted by molar-refractivity contribution is -0.139. The van der Waals surface area contributed by atoms with Gasteiger partial charge < -0.3 is 15.7 Å². The van der Waals surface area contributed by atoms with Crippen LogP contribution in [0.4, 0.5) is 4.79 Å². The zero-order valence-electron chi connectivity index (χ0n) is 12.0. The Balaban J connectivity index is 1.84. The molecule has 1 aliphatic rings. The molecule has 0 heterocycles. The smallest absolute Gasteiger partial charge is 0.326 e. The second kappa shape index (κ2) is 6.85. The number of hydrogen-bond donors (Lipinski definition) is 3. The van der Waals surface area contributed by atoms with E-state index in [1.807, 2.05) is 36.6 Å². The lowest BCUT2D eigenvalue weighted by Gasteiger charge is -2.17. The highest BCUT2D eigenvalue weighted by Crippen LogP contribution is 2.46. The van der Waals surface area contributed by atoms with Gasteiger partial charge in [-0.2, -0.15) is 11.8 Å². The zero-order chi connectivity index (χ0) is 15.3. The fraction of sp³-hybridized carbons (Fsp3) is 0.467. The van der Waals surface area contributed by atoms with Crippen LogP contribution in [0.25, 0.3) is 0 Å². The number of aliphatic carboxylic acids is 1. The second-order valence-corrected chi connectivity index (χ2v) is 6.57.